The van der Waals surface area contributed by atoms with Crippen molar-refractivity contribution in [3.05, 3.63) is 29.3 Å². The number of para-hydroxylation sites is 1. The first-order valence-corrected chi connectivity index (χ1v) is 7.16. The molecule has 0 heterocycles. The highest BCUT2D eigenvalue weighted by molar-refractivity contribution is 5.96. The first kappa shape index (κ1) is 15.7. The van der Waals surface area contributed by atoms with Gasteiger partial charge in [0, 0.05) is 5.69 Å². The van der Waals surface area contributed by atoms with Gasteiger partial charge in [-0.2, -0.15) is 0 Å². The number of carbonyl (C=O) groups is 1. The fourth-order valence-electron chi connectivity index (χ4n) is 2.49. The van der Waals surface area contributed by atoms with Gasteiger partial charge < -0.3 is 5.32 Å². The summed E-state index contributed by atoms with van der Waals surface area (Å²) in [6.07, 6.45) is 0.832. The molecule has 0 saturated carbocycles. The molecule has 0 radical (unpaired) electrons. The minimum Gasteiger partial charge on any atom is -0.324 e. The third-order valence-electron chi connectivity index (χ3n) is 3.67. The van der Waals surface area contributed by atoms with Gasteiger partial charge in [0.25, 0.3) is 0 Å². The number of anilines is 1. The number of nitrogens with zero attached hydrogens (tertiary/aromatic N) is 1. The van der Waals surface area contributed by atoms with E-state index in [1.54, 1.807) is 0 Å². The third-order valence-corrected chi connectivity index (χ3v) is 3.67. The molecule has 0 saturated heterocycles. The van der Waals surface area contributed by atoms with Crippen LogP contribution in [-0.2, 0) is 4.79 Å². The molecule has 1 rings (SSSR count). The van der Waals surface area contributed by atoms with Crippen LogP contribution in [0.2, 0.25) is 0 Å². The van der Waals surface area contributed by atoms with Crippen LogP contribution in [0.15, 0.2) is 18.2 Å². The Morgan fingerprint density at radius 2 is 1.68 bits per heavy atom. The third kappa shape index (κ3) is 3.80. The lowest BCUT2D eigenvalue weighted by Crippen LogP contribution is -2.43. The zero-order chi connectivity index (χ0) is 14.4. The van der Waals surface area contributed by atoms with Crippen molar-refractivity contribution < 1.29 is 4.79 Å². The van der Waals surface area contributed by atoms with Gasteiger partial charge >= 0.3 is 0 Å². The number of aryl methyl sites for hydroxylation is 2. The van der Waals surface area contributed by atoms with Crippen LogP contribution in [0.25, 0.3) is 0 Å². The van der Waals surface area contributed by atoms with Crippen LogP contribution in [0.1, 0.15) is 38.3 Å². The van der Waals surface area contributed by atoms with Crippen molar-refractivity contribution in [1.82, 2.24) is 4.90 Å². The molecule has 1 aromatic rings. The summed E-state index contributed by atoms with van der Waals surface area (Å²) in [6, 6.07) is 6.03. The molecular formula is C16H26N2O. The van der Waals surface area contributed by atoms with Crippen LogP contribution in [0, 0.1) is 13.8 Å². The summed E-state index contributed by atoms with van der Waals surface area (Å²) in [5.41, 5.74) is 3.18. The minimum atomic E-state index is -0.0472. The van der Waals surface area contributed by atoms with Crippen molar-refractivity contribution in [2.45, 2.75) is 47.1 Å². The summed E-state index contributed by atoms with van der Waals surface area (Å²) in [5.74, 6) is 0.101. The number of rotatable bonds is 6. The molecule has 0 aliphatic heterocycles. The molecule has 0 bridgehead atoms. The van der Waals surface area contributed by atoms with E-state index in [0.717, 1.165) is 36.3 Å². The summed E-state index contributed by atoms with van der Waals surface area (Å²) in [5, 5.41) is 3.10. The van der Waals surface area contributed by atoms with E-state index in [2.05, 4.69) is 31.0 Å². The summed E-state index contributed by atoms with van der Waals surface area (Å²) in [6.45, 7) is 12.1. The molecule has 0 fully saturated rings. The Bertz CT molecular complexity index is 405. The summed E-state index contributed by atoms with van der Waals surface area (Å²) >= 11 is 0. The SMILES string of the molecule is CCC(C(=O)Nc1c(C)cccc1C)N(CC)CC. The second-order valence-electron chi connectivity index (χ2n) is 4.90. The number of carbonyl (C=O) groups excluding carboxylic acids is 1. The molecule has 3 nitrogen and oxygen atoms in total. The van der Waals surface area contributed by atoms with Crippen molar-refractivity contribution in [2.75, 3.05) is 18.4 Å². The number of hydrogen-bond donors (Lipinski definition) is 1. The standard InChI is InChI=1S/C16H26N2O/c1-6-14(18(7-2)8-3)16(19)17-15-12(4)10-9-11-13(15)5/h9-11,14H,6-8H2,1-5H3,(H,17,19). The lowest BCUT2D eigenvalue weighted by molar-refractivity contribution is -0.121. The van der Waals surface area contributed by atoms with Crippen LogP contribution >= 0.6 is 0 Å². The minimum absolute atomic E-state index is 0.0472. The molecule has 0 spiro atoms. The lowest BCUT2D eigenvalue weighted by atomic mass is 10.1. The topological polar surface area (TPSA) is 32.3 Å². The van der Waals surface area contributed by atoms with E-state index in [1.807, 2.05) is 32.0 Å². The fourth-order valence-corrected chi connectivity index (χ4v) is 2.49. The molecule has 0 aromatic heterocycles. The smallest absolute Gasteiger partial charge is 0.241 e. The summed E-state index contributed by atoms with van der Waals surface area (Å²) in [4.78, 5) is 14.7. The van der Waals surface area contributed by atoms with E-state index in [0.29, 0.717) is 0 Å². The average Bonchev–Trinajstić information content (AvgIpc) is 2.40. The van der Waals surface area contributed by atoms with Gasteiger partial charge in [-0.25, -0.2) is 0 Å². The number of benzene rings is 1. The van der Waals surface area contributed by atoms with E-state index in [9.17, 15) is 4.79 Å². The van der Waals surface area contributed by atoms with Gasteiger partial charge in [-0.15, -0.1) is 0 Å². The molecule has 106 valence electrons. The molecular weight excluding hydrogens is 236 g/mol. The highest BCUT2D eigenvalue weighted by atomic mass is 16.2. The first-order chi connectivity index (χ1) is 9.04. The number of amides is 1. The number of likely N-dealkylation sites (N-methyl/N-ethyl adjacent to an activating group) is 1. The molecule has 1 amide bonds. The number of nitrogens with one attached hydrogen (secondary N) is 1. The Labute approximate surface area is 117 Å². The van der Waals surface area contributed by atoms with Crippen molar-refractivity contribution in [1.29, 1.82) is 0 Å². The molecule has 1 aromatic carbocycles. The highest BCUT2D eigenvalue weighted by Crippen LogP contribution is 2.20. The molecule has 1 N–H and O–H groups in total. The average molecular weight is 262 g/mol. The Kier molecular flexibility index (Phi) is 6.03. The van der Waals surface area contributed by atoms with Gasteiger partial charge in [0.15, 0.2) is 0 Å². The molecule has 0 aliphatic rings. The van der Waals surface area contributed by atoms with Crippen LogP contribution in [0.5, 0.6) is 0 Å². The largest absolute Gasteiger partial charge is 0.324 e. The van der Waals surface area contributed by atoms with E-state index in [4.69, 9.17) is 0 Å². The number of hydrogen-bond acceptors (Lipinski definition) is 2. The predicted molar refractivity (Wildman–Crippen MR) is 81.5 cm³/mol. The molecule has 3 heteroatoms. The zero-order valence-electron chi connectivity index (χ0n) is 12.8. The Morgan fingerprint density at radius 1 is 1.16 bits per heavy atom. The Balaban J connectivity index is 2.88. The van der Waals surface area contributed by atoms with E-state index >= 15 is 0 Å². The monoisotopic (exact) mass is 262 g/mol. The molecule has 1 atom stereocenters. The fraction of sp³-hybridized carbons (Fsp3) is 0.562. The predicted octanol–water partition coefficient (Wildman–Crippen LogP) is 3.36. The van der Waals surface area contributed by atoms with Gasteiger partial charge in [-0.3, -0.25) is 9.69 Å². The lowest BCUT2D eigenvalue weighted by Gasteiger charge is -2.28. The van der Waals surface area contributed by atoms with Gasteiger partial charge in [0.1, 0.15) is 0 Å². The van der Waals surface area contributed by atoms with Gasteiger partial charge in [-0.05, 0) is 44.5 Å². The summed E-state index contributed by atoms with van der Waals surface area (Å²) < 4.78 is 0. The van der Waals surface area contributed by atoms with Crippen molar-refractivity contribution in [3.63, 3.8) is 0 Å². The van der Waals surface area contributed by atoms with Crippen LogP contribution in [0.3, 0.4) is 0 Å². The van der Waals surface area contributed by atoms with Gasteiger partial charge in [0.05, 0.1) is 6.04 Å². The molecule has 0 aliphatic carbocycles. The maximum Gasteiger partial charge on any atom is 0.241 e. The van der Waals surface area contributed by atoms with Crippen molar-refractivity contribution in [3.8, 4) is 0 Å². The second kappa shape index (κ2) is 7.29. The zero-order valence-corrected chi connectivity index (χ0v) is 12.8. The molecule has 19 heavy (non-hydrogen) atoms. The van der Waals surface area contributed by atoms with Crippen molar-refractivity contribution in [2.24, 2.45) is 0 Å². The normalized spacial score (nSPS) is 12.5. The quantitative estimate of drug-likeness (QED) is 0.852. The van der Waals surface area contributed by atoms with Crippen molar-refractivity contribution >= 4 is 11.6 Å². The Hall–Kier alpha value is -1.35. The highest BCUT2D eigenvalue weighted by Gasteiger charge is 2.22. The maximum absolute atomic E-state index is 12.5. The summed E-state index contributed by atoms with van der Waals surface area (Å²) in [7, 11) is 0. The maximum atomic E-state index is 12.5. The van der Waals surface area contributed by atoms with Crippen LogP contribution in [-0.4, -0.2) is 29.9 Å². The molecule has 1 unspecified atom stereocenters. The first-order valence-electron chi connectivity index (χ1n) is 7.16. The van der Waals surface area contributed by atoms with E-state index < -0.39 is 0 Å². The van der Waals surface area contributed by atoms with E-state index in [1.165, 1.54) is 0 Å². The van der Waals surface area contributed by atoms with Gasteiger partial charge in [0.2, 0.25) is 5.91 Å². The van der Waals surface area contributed by atoms with Crippen LogP contribution in [0.4, 0.5) is 5.69 Å². The second-order valence-corrected chi connectivity index (χ2v) is 4.90. The van der Waals surface area contributed by atoms with E-state index in [-0.39, 0.29) is 11.9 Å². The van der Waals surface area contributed by atoms with Gasteiger partial charge in [-0.1, -0.05) is 39.0 Å². The Morgan fingerprint density at radius 3 is 2.11 bits per heavy atom. The van der Waals surface area contributed by atoms with Crippen LogP contribution < -0.4 is 5.32 Å².